The summed E-state index contributed by atoms with van der Waals surface area (Å²) in [5, 5.41) is 8.92. The molecule has 0 bridgehead atoms. The fourth-order valence-electron chi connectivity index (χ4n) is 2.85. The Morgan fingerprint density at radius 2 is 1.69 bits per heavy atom. The van der Waals surface area contributed by atoms with Crippen molar-refractivity contribution < 1.29 is 19.1 Å². The molecule has 1 N–H and O–H groups in total. The lowest BCUT2D eigenvalue weighted by Crippen LogP contribution is -2.01. The summed E-state index contributed by atoms with van der Waals surface area (Å²) in [6, 6.07) is 8.40. The molecule has 0 amide bonds. The quantitative estimate of drug-likeness (QED) is 0.672. The summed E-state index contributed by atoms with van der Waals surface area (Å²) in [7, 11) is 0. The van der Waals surface area contributed by atoms with Crippen LogP contribution in [-0.4, -0.2) is 16.9 Å². The molecular formula is C22H26O4. The number of carboxylic acid groups (broad SMARTS) is 1. The Morgan fingerprint density at radius 1 is 1.08 bits per heavy atom. The first-order valence-electron chi connectivity index (χ1n) is 8.86. The Kier molecular flexibility index (Phi) is 6.19. The molecular weight excluding hydrogens is 328 g/mol. The number of carbonyl (C=O) groups is 2. The van der Waals surface area contributed by atoms with Crippen LogP contribution in [0.2, 0.25) is 0 Å². The molecule has 0 saturated carbocycles. The molecule has 2 rings (SSSR count). The Morgan fingerprint density at radius 3 is 2.15 bits per heavy atom. The number of carboxylic acids is 1. The van der Waals surface area contributed by atoms with Crippen molar-refractivity contribution in [1.29, 1.82) is 0 Å². The second-order valence-corrected chi connectivity index (χ2v) is 7.21. The molecule has 0 radical (unpaired) electrons. The molecule has 1 aromatic heterocycles. The van der Waals surface area contributed by atoms with Gasteiger partial charge in [-0.15, -0.1) is 0 Å². The van der Waals surface area contributed by atoms with Gasteiger partial charge in [0.25, 0.3) is 0 Å². The highest BCUT2D eigenvalue weighted by Crippen LogP contribution is 2.32. The minimum atomic E-state index is -0.974. The van der Waals surface area contributed by atoms with Gasteiger partial charge in [0.05, 0.1) is 5.56 Å². The predicted octanol–water partition coefficient (Wildman–Crippen LogP) is 5.44. The number of hydrogen-bond acceptors (Lipinski definition) is 3. The molecule has 0 unspecified atom stereocenters. The number of furan rings is 1. The van der Waals surface area contributed by atoms with Crippen molar-refractivity contribution in [3.8, 4) is 0 Å². The first kappa shape index (κ1) is 19.7. The fourth-order valence-corrected chi connectivity index (χ4v) is 2.85. The molecule has 1 heterocycles. The maximum absolute atomic E-state index is 12.3. The van der Waals surface area contributed by atoms with E-state index in [0.29, 0.717) is 5.92 Å². The zero-order valence-electron chi connectivity index (χ0n) is 16.0. The van der Waals surface area contributed by atoms with Gasteiger partial charge in [0, 0.05) is 12.3 Å². The van der Waals surface area contributed by atoms with Gasteiger partial charge in [-0.3, -0.25) is 4.79 Å². The number of hydrogen-bond donors (Lipinski definition) is 1. The van der Waals surface area contributed by atoms with Crippen molar-refractivity contribution in [2.75, 3.05) is 0 Å². The van der Waals surface area contributed by atoms with Crippen LogP contribution in [0.25, 0.3) is 5.57 Å². The van der Waals surface area contributed by atoms with Crippen molar-refractivity contribution in [3.05, 3.63) is 64.6 Å². The third-order valence-corrected chi connectivity index (χ3v) is 4.28. The van der Waals surface area contributed by atoms with Crippen LogP contribution in [0.5, 0.6) is 0 Å². The summed E-state index contributed by atoms with van der Waals surface area (Å²) in [4.78, 5) is 23.2. The van der Waals surface area contributed by atoms with Crippen molar-refractivity contribution >= 4 is 17.3 Å². The van der Waals surface area contributed by atoms with Crippen molar-refractivity contribution in [1.82, 2.24) is 0 Å². The number of rotatable bonds is 7. The second-order valence-electron chi connectivity index (χ2n) is 7.21. The third-order valence-electron chi connectivity index (χ3n) is 4.28. The van der Waals surface area contributed by atoms with Crippen molar-refractivity contribution in [2.24, 2.45) is 0 Å². The minimum Gasteiger partial charge on any atom is -0.478 e. The van der Waals surface area contributed by atoms with Crippen LogP contribution in [-0.2, 0) is 11.2 Å². The zero-order chi connectivity index (χ0) is 19.4. The molecule has 1 aromatic carbocycles. The largest absolute Gasteiger partial charge is 0.478 e. The van der Waals surface area contributed by atoms with E-state index in [2.05, 4.69) is 27.7 Å². The van der Waals surface area contributed by atoms with E-state index in [-0.39, 0.29) is 23.7 Å². The molecule has 0 aliphatic rings. The van der Waals surface area contributed by atoms with Gasteiger partial charge >= 0.3 is 5.97 Å². The maximum atomic E-state index is 12.3. The summed E-state index contributed by atoms with van der Waals surface area (Å²) in [6.07, 6.45) is 1.82. The van der Waals surface area contributed by atoms with Gasteiger partial charge < -0.3 is 9.52 Å². The highest BCUT2D eigenvalue weighted by Gasteiger charge is 2.17. The standard InChI is InChI=1S/C22H26O4/c1-13(2)19-12-20(26-21(19)14(3)4)15(5)10-18(23)11-16-6-8-17(9-7-16)22(24)25/h6-10,12-14H,11H2,1-5H3,(H,24,25)/b15-10+. The minimum absolute atomic E-state index is 0.0424. The maximum Gasteiger partial charge on any atom is 0.335 e. The average Bonchev–Trinajstić information content (AvgIpc) is 3.01. The van der Waals surface area contributed by atoms with Crippen LogP contribution in [0.3, 0.4) is 0 Å². The lowest BCUT2D eigenvalue weighted by molar-refractivity contribution is -0.114. The average molecular weight is 354 g/mol. The van der Waals surface area contributed by atoms with Crippen LogP contribution in [0.4, 0.5) is 0 Å². The van der Waals surface area contributed by atoms with E-state index in [1.54, 1.807) is 18.2 Å². The fraction of sp³-hybridized carbons (Fsp3) is 0.364. The first-order valence-corrected chi connectivity index (χ1v) is 8.86. The Labute approximate surface area is 154 Å². The van der Waals surface area contributed by atoms with Gasteiger partial charge in [0.15, 0.2) is 5.78 Å². The number of allylic oxidation sites excluding steroid dienone is 2. The Bertz CT molecular complexity index is 795. The smallest absolute Gasteiger partial charge is 0.335 e. The molecule has 4 heteroatoms. The molecule has 2 aromatic rings. The van der Waals surface area contributed by atoms with Crippen LogP contribution in [0, 0.1) is 0 Å². The molecule has 0 spiro atoms. The molecule has 0 fully saturated rings. The van der Waals surface area contributed by atoms with Gasteiger partial charge in [-0.25, -0.2) is 4.79 Å². The zero-order valence-corrected chi connectivity index (χ0v) is 16.0. The van der Waals surface area contributed by atoms with E-state index in [9.17, 15) is 9.59 Å². The van der Waals surface area contributed by atoms with Crippen LogP contribution >= 0.6 is 0 Å². The summed E-state index contributed by atoms with van der Waals surface area (Å²) >= 11 is 0. The summed E-state index contributed by atoms with van der Waals surface area (Å²) in [5.74, 6) is 1.34. The Hall–Kier alpha value is -2.62. The van der Waals surface area contributed by atoms with Gasteiger partial charge in [0.2, 0.25) is 0 Å². The van der Waals surface area contributed by atoms with E-state index in [4.69, 9.17) is 9.52 Å². The molecule has 0 aliphatic carbocycles. The molecule has 0 saturated heterocycles. The first-order chi connectivity index (χ1) is 12.2. The van der Waals surface area contributed by atoms with Crippen LogP contribution in [0.1, 0.15) is 79.5 Å². The molecule has 4 nitrogen and oxygen atoms in total. The Balaban J connectivity index is 2.17. The summed E-state index contributed by atoms with van der Waals surface area (Å²) < 4.78 is 6.01. The van der Waals surface area contributed by atoms with E-state index in [0.717, 1.165) is 22.7 Å². The van der Waals surface area contributed by atoms with Crippen LogP contribution < -0.4 is 0 Å². The highest BCUT2D eigenvalue weighted by molar-refractivity contribution is 5.97. The van der Waals surface area contributed by atoms with E-state index in [1.807, 2.05) is 13.0 Å². The van der Waals surface area contributed by atoms with E-state index < -0.39 is 5.97 Å². The predicted molar refractivity (Wildman–Crippen MR) is 103 cm³/mol. The summed E-state index contributed by atoms with van der Waals surface area (Å²) in [6.45, 7) is 10.3. The topological polar surface area (TPSA) is 67.5 Å². The monoisotopic (exact) mass is 354 g/mol. The van der Waals surface area contributed by atoms with Crippen molar-refractivity contribution in [2.45, 2.75) is 52.9 Å². The van der Waals surface area contributed by atoms with Gasteiger partial charge in [-0.1, -0.05) is 39.8 Å². The number of carbonyl (C=O) groups excluding carboxylic acids is 1. The summed E-state index contributed by atoms with van der Waals surface area (Å²) in [5.41, 5.74) is 2.98. The molecule has 0 atom stereocenters. The van der Waals surface area contributed by atoms with Crippen LogP contribution in [0.15, 0.2) is 40.8 Å². The molecule has 0 aliphatic heterocycles. The van der Waals surface area contributed by atoms with Gasteiger partial charge in [-0.2, -0.15) is 0 Å². The lowest BCUT2D eigenvalue weighted by atomic mass is 9.97. The number of benzene rings is 1. The second kappa shape index (κ2) is 8.17. The normalized spacial score (nSPS) is 12.0. The molecule has 26 heavy (non-hydrogen) atoms. The van der Waals surface area contributed by atoms with E-state index >= 15 is 0 Å². The SMILES string of the molecule is C/C(=C\C(=O)Cc1ccc(C(=O)O)cc1)c1cc(C(C)C)c(C(C)C)o1. The van der Waals surface area contributed by atoms with E-state index in [1.165, 1.54) is 17.7 Å². The number of ketones is 1. The van der Waals surface area contributed by atoms with Gasteiger partial charge in [0.1, 0.15) is 11.5 Å². The number of aromatic carboxylic acids is 1. The third kappa shape index (κ3) is 4.72. The molecule has 138 valence electrons. The van der Waals surface area contributed by atoms with Gasteiger partial charge in [-0.05, 0) is 53.8 Å². The highest BCUT2D eigenvalue weighted by atomic mass is 16.4. The lowest BCUT2D eigenvalue weighted by Gasteiger charge is -2.07. The van der Waals surface area contributed by atoms with Crippen molar-refractivity contribution in [3.63, 3.8) is 0 Å².